The quantitative estimate of drug-likeness (QED) is 0.871. The van der Waals surface area contributed by atoms with Crippen LogP contribution in [0.1, 0.15) is 17.7 Å². The standard InChI is InChI=1S/C16H20N4OS/c1-18-10-13(9-17-18)20-7-5-16(15(20)21)4-6-19(12-16)11-14-3-2-8-22-14/h2-3,8-10H,4-7,11-12H2,1H3. The van der Waals surface area contributed by atoms with Gasteiger partial charge in [-0.1, -0.05) is 6.07 Å². The Kier molecular flexibility index (Phi) is 3.31. The third-order valence-electron chi connectivity index (χ3n) is 4.91. The lowest BCUT2D eigenvalue weighted by Gasteiger charge is -2.23. The highest BCUT2D eigenvalue weighted by Crippen LogP contribution is 2.42. The molecule has 0 aromatic carbocycles. The van der Waals surface area contributed by atoms with Gasteiger partial charge < -0.3 is 4.90 Å². The number of aryl methyl sites for hydroxylation is 1. The average molecular weight is 316 g/mol. The van der Waals surface area contributed by atoms with Gasteiger partial charge in [-0.25, -0.2) is 0 Å². The molecule has 1 atom stereocenters. The summed E-state index contributed by atoms with van der Waals surface area (Å²) in [4.78, 5) is 18.7. The van der Waals surface area contributed by atoms with Gasteiger partial charge in [0.05, 0.1) is 17.3 Å². The Bertz CT molecular complexity index is 680. The summed E-state index contributed by atoms with van der Waals surface area (Å²) in [6, 6.07) is 4.27. The van der Waals surface area contributed by atoms with Crippen LogP contribution in [0, 0.1) is 5.41 Å². The van der Waals surface area contributed by atoms with Crippen LogP contribution in [0.2, 0.25) is 0 Å². The summed E-state index contributed by atoms with van der Waals surface area (Å²) in [7, 11) is 1.89. The molecule has 0 saturated carbocycles. The molecule has 1 unspecified atom stereocenters. The fourth-order valence-electron chi connectivity index (χ4n) is 3.71. The van der Waals surface area contributed by atoms with Crippen LogP contribution in [0.3, 0.4) is 0 Å². The smallest absolute Gasteiger partial charge is 0.234 e. The first-order valence-corrected chi connectivity index (χ1v) is 8.60. The third kappa shape index (κ3) is 2.27. The number of rotatable bonds is 3. The van der Waals surface area contributed by atoms with Gasteiger partial charge in [0.1, 0.15) is 0 Å². The molecule has 2 aliphatic rings. The Morgan fingerprint density at radius 1 is 1.36 bits per heavy atom. The van der Waals surface area contributed by atoms with Crippen molar-refractivity contribution in [3.63, 3.8) is 0 Å². The Hall–Kier alpha value is -1.66. The van der Waals surface area contributed by atoms with Crippen LogP contribution in [0.15, 0.2) is 29.9 Å². The molecule has 1 spiro atoms. The molecule has 5 nitrogen and oxygen atoms in total. The molecular formula is C16H20N4OS. The second kappa shape index (κ2) is 5.21. The van der Waals surface area contributed by atoms with Crippen LogP contribution in [0.5, 0.6) is 0 Å². The Balaban J connectivity index is 1.48. The molecule has 4 heterocycles. The number of likely N-dealkylation sites (tertiary alicyclic amines) is 1. The van der Waals surface area contributed by atoms with Gasteiger partial charge in [0.2, 0.25) is 5.91 Å². The first-order valence-electron chi connectivity index (χ1n) is 7.72. The molecule has 2 saturated heterocycles. The van der Waals surface area contributed by atoms with Crippen LogP contribution in [-0.2, 0) is 18.4 Å². The summed E-state index contributed by atoms with van der Waals surface area (Å²) in [5.74, 6) is 0.286. The van der Waals surface area contributed by atoms with Crippen molar-refractivity contribution in [1.29, 1.82) is 0 Å². The molecule has 4 rings (SSSR count). The lowest BCUT2D eigenvalue weighted by atomic mass is 9.85. The zero-order valence-electron chi connectivity index (χ0n) is 12.7. The van der Waals surface area contributed by atoms with Crippen LogP contribution < -0.4 is 4.90 Å². The number of aromatic nitrogens is 2. The van der Waals surface area contributed by atoms with Gasteiger partial charge in [-0.3, -0.25) is 14.4 Å². The van der Waals surface area contributed by atoms with Crippen LogP contribution in [0.4, 0.5) is 5.69 Å². The number of hydrogen-bond acceptors (Lipinski definition) is 4. The normalized spacial score (nSPS) is 25.7. The summed E-state index contributed by atoms with van der Waals surface area (Å²) in [6.07, 6.45) is 5.65. The van der Waals surface area contributed by atoms with Crippen LogP contribution in [0.25, 0.3) is 0 Å². The second-order valence-electron chi connectivity index (χ2n) is 6.40. The van der Waals surface area contributed by atoms with E-state index in [4.69, 9.17) is 0 Å². The minimum atomic E-state index is -0.174. The van der Waals surface area contributed by atoms with Gasteiger partial charge in [0.15, 0.2) is 0 Å². The Morgan fingerprint density at radius 3 is 2.95 bits per heavy atom. The third-order valence-corrected chi connectivity index (χ3v) is 5.77. The maximum atomic E-state index is 13.0. The monoisotopic (exact) mass is 316 g/mol. The number of nitrogens with zero attached hydrogens (tertiary/aromatic N) is 4. The molecule has 2 fully saturated rings. The van der Waals surface area contributed by atoms with E-state index < -0.39 is 0 Å². The molecule has 2 aromatic heterocycles. The number of carbonyl (C=O) groups excluding carboxylic acids is 1. The number of carbonyl (C=O) groups is 1. The first kappa shape index (κ1) is 14.0. The lowest BCUT2D eigenvalue weighted by Crippen LogP contribution is -2.36. The molecule has 2 aromatic rings. The molecule has 6 heteroatoms. The van der Waals surface area contributed by atoms with Crippen molar-refractivity contribution in [2.24, 2.45) is 12.5 Å². The highest BCUT2D eigenvalue weighted by atomic mass is 32.1. The molecule has 22 heavy (non-hydrogen) atoms. The Morgan fingerprint density at radius 2 is 2.23 bits per heavy atom. The van der Waals surface area contributed by atoms with Crippen molar-refractivity contribution >= 4 is 22.9 Å². The van der Waals surface area contributed by atoms with E-state index in [9.17, 15) is 4.79 Å². The van der Waals surface area contributed by atoms with Gasteiger partial charge in [-0.15, -0.1) is 11.3 Å². The summed E-state index contributed by atoms with van der Waals surface area (Å²) < 4.78 is 1.76. The predicted octanol–water partition coefficient (Wildman–Crippen LogP) is 2.11. The van der Waals surface area contributed by atoms with Gasteiger partial charge in [0.25, 0.3) is 0 Å². The van der Waals surface area contributed by atoms with Gasteiger partial charge in [-0.2, -0.15) is 5.10 Å². The van der Waals surface area contributed by atoms with Crippen molar-refractivity contribution in [3.05, 3.63) is 34.8 Å². The number of amides is 1. The largest absolute Gasteiger partial charge is 0.309 e. The average Bonchev–Trinajstić information content (AvgIpc) is 3.25. The molecule has 0 aliphatic carbocycles. The highest BCUT2D eigenvalue weighted by molar-refractivity contribution is 7.09. The van der Waals surface area contributed by atoms with Crippen molar-refractivity contribution in [3.8, 4) is 0 Å². The van der Waals surface area contributed by atoms with E-state index in [1.54, 1.807) is 22.2 Å². The fourth-order valence-corrected chi connectivity index (χ4v) is 4.46. The van der Waals surface area contributed by atoms with E-state index in [0.29, 0.717) is 0 Å². The highest BCUT2D eigenvalue weighted by Gasteiger charge is 2.51. The zero-order chi connectivity index (χ0) is 15.2. The molecular weight excluding hydrogens is 296 g/mol. The molecule has 1 amide bonds. The van der Waals surface area contributed by atoms with E-state index in [1.807, 2.05) is 18.1 Å². The van der Waals surface area contributed by atoms with E-state index in [-0.39, 0.29) is 11.3 Å². The predicted molar refractivity (Wildman–Crippen MR) is 86.8 cm³/mol. The molecule has 2 aliphatic heterocycles. The zero-order valence-corrected chi connectivity index (χ0v) is 13.6. The van der Waals surface area contributed by atoms with Gasteiger partial charge in [-0.05, 0) is 30.8 Å². The maximum Gasteiger partial charge on any atom is 0.234 e. The summed E-state index contributed by atoms with van der Waals surface area (Å²) in [5.41, 5.74) is 0.758. The van der Waals surface area contributed by atoms with E-state index in [0.717, 1.165) is 44.7 Å². The second-order valence-corrected chi connectivity index (χ2v) is 7.43. The SMILES string of the molecule is Cn1cc(N2CCC3(CCN(Cc4cccs4)C3)C2=O)cn1. The number of thiophene rings is 1. The van der Waals surface area contributed by atoms with Crippen molar-refractivity contribution in [1.82, 2.24) is 14.7 Å². The molecule has 0 radical (unpaired) electrons. The summed E-state index contributed by atoms with van der Waals surface area (Å²) in [6.45, 7) is 3.70. The van der Waals surface area contributed by atoms with Crippen molar-refractivity contribution < 1.29 is 4.79 Å². The van der Waals surface area contributed by atoms with Crippen LogP contribution >= 0.6 is 11.3 Å². The van der Waals surface area contributed by atoms with Gasteiger partial charge in [0, 0.05) is 37.8 Å². The van der Waals surface area contributed by atoms with Crippen molar-refractivity contribution in [2.45, 2.75) is 19.4 Å². The fraction of sp³-hybridized carbons (Fsp3) is 0.500. The lowest BCUT2D eigenvalue weighted by molar-refractivity contribution is -0.125. The number of anilines is 1. The van der Waals surface area contributed by atoms with Gasteiger partial charge >= 0.3 is 0 Å². The molecule has 0 N–H and O–H groups in total. The molecule has 116 valence electrons. The van der Waals surface area contributed by atoms with Crippen LogP contribution in [-0.4, -0.2) is 40.2 Å². The topological polar surface area (TPSA) is 41.4 Å². The minimum absolute atomic E-state index is 0.174. The minimum Gasteiger partial charge on any atom is -0.309 e. The molecule has 0 bridgehead atoms. The summed E-state index contributed by atoms with van der Waals surface area (Å²) >= 11 is 1.79. The maximum absolute atomic E-state index is 13.0. The van der Waals surface area contributed by atoms with E-state index in [1.165, 1.54) is 4.88 Å². The van der Waals surface area contributed by atoms with E-state index >= 15 is 0 Å². The number of hydrogen-bond donors (Lipinski definition) is 0. The summed E-state index contributed by atoms with van der Waals surface area (Å²) in [5, 5.41) is 6.31. The first-order chi connectivity index (χ1) is 10.7. The van der Waals surface area contributed by atoms with E-state index in [2.05, 4.69) is 27.5 Å². The van der Waals surface area contributed by atoms with Crippen molar-refractivity contribution in [2.75, 3.05) is 24.5 Å². The Labute approximate surface area is 134 Å².